The molecule has 0 spiro atoms. The van der Waals surface area contributed by atoms with Crippen LogP contribution in [0, 0.1) is 23.2 Å². The lowest BCUT2D eigenvalue weighted by Crippen LogP contribution is -2.33. The molecule has 5 heteroatoms. The fourth-order valence-corrected chi connectivity index (χ4v) is 9.09. The van der Waals surface area contributed by atoms with Crippen molar-refractivity contribution in [2.45, 2.75) is 56.4 Å². The minimum Gasteiger partial charge on any atom is -0.340 e. The Bertz CT molecular complexity index is 2010. The van der Waals surface area contributed by atoms with Crippen LogP contribution in [0.5, 0.6) is 0 Å². The van der Waals surface area contributed by atoms with Crippen LogP contribution in [-0.2, 0) is 0 Å². The minimum absolute atomic E-state index is 0.0443. The summed E-state index contributed by atoms with van der Waals surface area (Å²) in [6.07, 6.45) is 28.9. The van der Waals surface area contributed by atoms with Crippen LogP contribution in [0.15, 0.2) is 160 Å². The van der Waals surface area contributed by atoms with Crippen molar-refractivity contribution < 1.29 is 0 Å². The third-order valence-corrected chi connectivity index (χ3v) is 11.8. The van der Waals surface area contributed by atoms with Gasteiger partial charge in [0.25, 0.3) is 0 Å². The molecule has 0 amide bonds. The largest absolute Gasteiger partial charge is 0.340 e. The van der Waals surface area contributed by atoms with Crippen LogP contribution >= 0.6 is 11.8 Å². The van der Waals surface area contributed by atoms with Crippen molar-refractivity contribution in [3.63, 3.8) is 0 Å². The van der Waals surface area contributed by atoms with Gasteiger partial charge in [-0.3, -0.25) is 10.4 Å². The summed E-state index contributed by atoms with van der Waals surface area (Å²) in [7, 11) is 0. The van der Waals surface area contributed by atoms with Gasteiger partial charge in [-0.1, -0.05) is 139 Å². The van der Waals surface area contributed by atoms with Gasteiger partial charge < -0.3 is 11.1 Å². The smallest absolute Gasteiger partial charge is 0.133 e. The average Bonchev–Trinajstić information content (AvgIpc) is 3.17. The molecule has 8 rings (SSSR count). The van der Waals surface area contributed by atoms with Gasteiger partial charge in [0.1, 0.15) is 5.84 Å². The lowest BCUT2D eigenvalue weighted by molar-refractivity contribution is 0.298. The molecule has 4 nitrogen and oxygen atoms in total. The maximum Gasteiger partial charge on any atom is 0.133 e. The predicted molar refractivity (Wildman–Crippen MR) is 208 cm³/mol. The van der Waals surface area contributed by atoms with Crippen LogP contribution in [0.1, 0.15) is 56.1 Å². The van der Waals surface area contributed by atoms with Gasteiger partial charge in [-0.2, -0.15) is 0 Å². The van der Waals surface area contributed by atoms with Crippen molar-refractivity contribution in [1.29, 1.82) is 5.41 Å². The number of nitrogens with zero attached hydrogens (tertiary/aromatic N) is 1. The number of thioether (sulfide) groups is 1. The molecule has 5 atom stereocenters. The molecule has 0 bridgehead atoms. The number of nitrogens with two attached hydrogens (primary N) is 1. The summed E-state index contributed by atoms with van der Waals surface area (Å²) in [4.78, 5) is 5.16. The summed E-state index contributed by atoms with van der Waals surface area (Å²) in [5.74, 6) is 2.37. The fraction of sp³-hybridized carbons (Fsp3) is 0.273. The second kappa shape index (κ2) is 14.2. The highest BCUT2D eigenvalue weighted by atomic mass is 32.2. The molecule has 1 heterocycles. The lowest BCUT2D eigenvalue weighted by Gasteiger charge is -2.40. The molecule has 246 valence electrons. The zero-order chi connectivity index (χ0) is 33.2. The van der Waals surface area contributed by atoms with Crippen LogP contribution in [0.2, 0.25) is 0 Å². The van der Waals surface area contributed by atoms with Crippen LogP contribution in [-0.4, -0.2) is 22.3 Å². The zero-order valence-electron chi connectivity index (χ0n) is 27.9. The quantitative estimate of drug-likeness (QED) is 0.134. The van der Waals surface area contributed by atoms with Crippen molar-refractivity contribution in [2.75, 3.05) is 0 Å². The van der Waals surface area contributed by atoms with E-state index in [1.165, 1.54) is 58.7 Å². The van der Waals surface area contributed by atoms with Crippen molar-refractivity contribution >= 4 is 33.4 Å². The Morgan fingerprint density at radius 1 is 0.939 bits per heavy atom. The second-order valence-corrected chi connectivity index (χ2v) is 15.0. The first-order valence-electron chi connectivity index (χ1n) is 17.9. The molecule has 1 saturated carbocycles. The van der Waals surface area contributed by atoms with Crippen LogP contribution in [0.25, 0.3) is 10.8 Å². The van der Waals surface area contributed by atoms with E-state index in [-0.39, 0.29) is 11.4 Å². The highest BCUT2D eigenvalue weighted by Gasteiger charge is 2.36. The van der Waals surface area contributed by atoms with E-state index < -0.39 is 0 Å². The predicted octanol–water partition coefficient (Wildman–Crippen LogP) is 9.94. The van der Waals surface area contributed by atoms with E-state index in [2.05, 4.69) is 133 Å². The molecule has 1 fully saturated rings. The van der Waals surface area contributed by atoms with E-state index in [1.54, 1.807) is 0 Å². The molecule has 0 aromatic heterocycles. The number of rotatable bonds is 7. The van der Waals surface area contributed by atoms with E-state index in [9.17, 15) is 0 Å². The highest BCUT2D eigenvalue weighted by molar-refractivity contribution is 8.14. The van der Waals surface area contributed by atoms with E-state index in [0.29, 0.717) is 22.8 Å². The molecule has 49 heavy (non-hydrogen) atoms. The van der Waals surface area contributed by atoms with E-state index >= 15 is 0 Å². The maximum absolute atomic E-state index is 8.92. The molecule has 3 aromatic rings. The third-order valence-electron chi connectivity index (χ3n) is 10.8. The lowest BCUT2D eigenvalue weighted by atomic mass is 9.66. The van der Waals surface area contributed by atoms with E-state index in [1.807, 2.05) is 0 Å². The number of benzene rings is 3. The van der Waals surface area contributed by atoms with E-state index in [0.717, 1.165) is 53.7 Å². The first-order chi connectivity index (χ1) is 24.1. The number of hydrogen-bond acceptors (Lipinski definition) is 5. The molecule has 5 unspecified atom stereocenters. The van der Waals surface area contributed by atoms with Gasteiger partial charge in [-0.15, -0.1) is 0 Å². The Kier molecular flexibility index (Phi) is 9.21. The van der Waals surface area contributed by atoms with Gasteiger partial charge >= 0.3 is 0 Å². The average molecular weight is 661 g/mol. The van der Waals surface area contributed by atoms with Gasteiger partial charge in [-0.25, -0.2) is 0 Å². The minimum atomic E-state index is -0.243. The van der Waals surface area contributed by atoms with Crippen LogP contribution in [0.4, 0.5) is 0 Å². The molecule has 5 aliphatic rings. The first kappa shape index (κ1) is 31.8. The molecule has 0 saturated heterocycles. The first-order valence-corrected chi connectivity index (χ1v) is 18.8. The Morgan fingerprint density at radius 3 is 2.61 bits per heavy atom. The van der Waals surface area contributed by atoms with Crippen molar-refractivity contribution in [3.8, 4) is 0 Å². The summed E-state index contributed by atoms with van der Waals surface area (Å²) < 4.78 is 0. The second-order valence-electron chi connectivity index (χ2n) is 13.8. The maximum atomic E-state index is 8.92. The number of fused-ring (bicyclic) bond motifs is 2. The number of aliphatic imine (C=N–C) groups is 1. The van der Waals surface area contributed by atoms with Gasteiger partial charge in [0.15, 0.2) is 0 Å². The summed E-state index contributed by atoms with van der Waals surface area (Å²) in [5, 5.41) is 15.3. The molecular weight excluding hydrogens is 617 g/mol. The van der Waals surface area contributed by atoms with Gasteiger partial charge in [0.2, 0.25) is 0 Å². The van der Waals surface area contributed by atoms with Gasteiger partial charge in [0.05, 0.1) is 16.5 Å². The van der Waals surface area contributed by atoms with Crippen LogP contribution in [0.3, 0.4) is 0 Å². The SMILES string of the molecule is N=C(SC(N)C1=C2CCCCC2C(C2C=CC(C3=CC(C4=CC=CCC4)N=C(c4ccccc4)N3)=CC2)C=C1)c1ccc2ccccc2c1. The Morgan fingerprint density at radius 2 is 1.80 bits per heavy atom. The van der Waals surface area contributed by atoms with Gasteiger partial charge in [0, 0.05) is 16.8 Å². The Labute approximate surface area is 294 Å². The Balaban J connectivity index is 0.981. The van der Waals surface area contributed by atoms with E-state index in [4.69, 9.17) is 16.1 Å². The molecule has 3 aromatic carbocycles. The van der Waals surface area contributed by atoms with Crippen molar-refractivity contribution in [3.05, 3.63) is 167 Å². The molecule has 0 radical (unpaired) electrons. The third kappa shape index (κ3) is 6.75. The van der Waals surface area contributed by atoms with Gasteiger partial charge in [-0.05, 0) is 95.9 Å². The highest BCUT2D eigenvalue weighted by Crippen LogP contribution is 2.47. The Hall–Kier alpha value is -4.45. The molecular formula is C44H44N4S. The fourth-order valence-electron chi connectivity index (χ4n) is 8.21. The summed E-state index contributed by atoms with van der Waals surface area (Å²) in [6, 6.07) is 25.1. The summed E-state index contributed by atoms with van der Waals surface area (Å²) in [5.41, 5.74) is 15.5. The number of nitrogens with one attached hydrogen (secondary N) is 2. The summed E-state index contributed by atoms with van der Waals surface area (Å²) in [6.45, 7) is 0. The summed E-state index contributed by atoms with van der Waals surface area (Å²) >= 11 is 1.48. The topological polar surface area (TPSA) is 74.3 Å². The molecule has 4 aliphatic carbocycles. The zero-order valence-corrected chi connectivity index (χ0v) is 28.7. The standard InChI is InChI=1S/C44H44N4S/c45-42(35-24-19-29-11-7-8-16-34(29)27-35)49-43(46)39-26-25-36(37-17-9-10-18-38(37)39)30-20-22-32(23-21-30)41-28-40(31-12-3-1-4-13-31)47-44(48-41)33-14-5-2-6-15-33/h1-3,5-8,11-12,14-16,19-20,22-28,30,36-37,40,43,45H,4,9-10,13,17-18,21,46H2,(H,47,48). The number of hydrogen-bond donors (Lipinski definition) is 3. The van der Waals surface area contributed by atoms with Crippen molar-refractivity contribution in [2.24, 2.45) is 28.5 Å². The van der Waals surface area contributed by atoms with Crippen molar-refractivity contribution in [1.82, 2.24) is 5.32 Å². The number of allylic oxidation sites excluding steroid dienone is 8. The molecule has 1 aliphatic heterocycles. The number of amidine groups is 1. The van der Waals surface area contributed by atoms with Crippen LogP contribution < -0.4 is 11.1 Å². The molecule has 4 N–H and O–H groups in total. The monoisotopic (exact) mass is 660 g/mol. The normalized spacial score (nSPS) is 25.5.